The lowest BCUT2D eigenvalue weighted by Gasteiger charge is -2.20. The minimum absolute atomic E-state index is 0.0872. The van der Waals surface area contributed by atoms with Gasteiger partial charge in [-0.2, -0.15) is 0 Å². The molecule has 0 radical (unpaired) electrons. The lowest BCUT2D eigenvalue weighted by atomic mass is 9.91. The summed E-state index contributed by atoms with van der Waals surface area (Å²) in [6, 6.07) is 1.74. The minimum Gasteiger partial charge on any atom is -0.504 e. The summed E-state index contributed by atoms with van der Waals surface area (Å²) in [4.78, 5) is 0. The normalized spacial score (nSPS) is 17.2. The van der Waals surface area contributed by atoms with Gasteiger partial charge in [0.25, 0.3) is 0 Å². The van der Waals surface area contributed by atoms with Gasteiger partial charge in [-0.3, -0.25) is 0 Å². The van der Waals surface area contributed by atoms with E-state index in [1.807, 2.05) is 6.92 Å². The van der Waals surface area contributed by atoms with Gasteiger partial charge in [-0.15, -0.1) is 0 Å². The van der Waals surface area contributed by atoms with E-state index >= 15 is 0 Å². The van der Waals surface area contributed by atoms with Crippen molar-refractivity contribution in [3.05, 3.63) is 21.7 Å². The van der Waals surface area contributed by atoms with E-state index in [9.17, 15) is 5.11 Å². The first kappa shape index (κ1) is 11.7. The Labute approximate surface area is 104 Å². The molecule has 1 aliphatic carbocycles. The topological polar surface area (TPSA) is 55.5 Å². The van der Waals surface area contributed by atoms with E-state index in [1.165, 1.54) is 5.56 Å². The van der Waals surface area contributed by atoms with Crippen LogP contribution in [0.2, 0.25) is 0 Å². The van der Waals surface area contributed by atoms with E-state index in [4.69, 9.17) is 10.5 Å². The largest absolute Gasteiger partial charge is 0.504 e. The maximum Gasteiger partial charge on any atom is 0.174 e. The van der Waals surface area contributed by atoms with E-state index in [2.05, 4.69) is 15.9 Å². The smallest absolute Gasteiger partial charge is 0.174 e. The van der Waals surface area contributed by atoms with Crippen LogP contribution in [0.25, 0.3) is 0 Å². The van der Waals surface area contributed by atoms with Crippen LogP contribution < -0.4 is 10.5 Å². The van der Waals surface area contributed by atoms with E-state index in [0.29, 0.717) is 12.3 Å². The highest BCUT2D eigenvalue weighted by molar-refractivity contribution is 9.10. The zero-order chi connectivity index (χ0) is 11.9. The predicted molar refractivity (Wildman–Crippen MR) is 67.1 cm³/mol. The number of methoxy groups -OCH3 is 1. The molecule has 0 aliphatic heterocycles. The first-order valence-corrected chi connectivity index (χ1v) is 6.11. The predicted octanol–water partition coefficient (Wildman–Crippen LogP) is 2.46. The Balaban J connectivity index is 2.61. The van der Waals surface area contributed by atoms with Crippen LogP contribution in [0.1, 0.15) is 24.0 Å². The maximum absolute atomic E-state index is 9.77. The molecule has 1 saturated carbocycles. The third kappa shape index (κ3) is 1.60. The summed E-state index contributed by atoms with van der Waals surface area (Å²) in [6.07, 6.45) is 2.22. The van der Waals surface area contributed by atoms with E-state index in [1.54, 1.807) is 13.2 Å². The molecular weight excluding hydrogens is 270 g/mol. The standard InChI is InChI=1S/C12H16BrNO2/c1-7-5-8(15)11(16-2)10(13)9(7)12(6-14)3-4-12/h5,15H,3-4,6,14H2,1-2H3. The molecule has 2 rings (SSSR count). The fraction of sp³-hybridized carbons (Fsp3) is 0.500. The van der Waals surface area contributed by atoms with Crippen LogP contribution in [0.4, 0.5) is 0 Å². The fourth-order valence-electron chi connectivity index (χ4n) is 2.29. The highest BCUT2D eigenvalue weighted by atomic mass is 79.9. The number of rotatable bonds is 3. The van der Waals surface area contributed by atoms with Crippen molar-refractivity contribution in [2.45, 2.75) is 25.2 Å². The Morgan fingerprint density at radius 3 is 2.62 bits per heavy atom. The van der Waals surface area contributed by atoms with Gasteiger partial charge < -0.3 is 15.6 Å². The van der Waals surface area contributed by atoms with Gasteiger partial charge in [0, 0.05) is 12.0 Å². The summed E-state index contributed by atoms with van der Waals surface area (Å²) < 4.78 is 6.04. The van der Waals surface area contributed by atoms with Gasteiger partial charge in [-0.05, 0) is 52.9 Å². The van der Waals surface area contributed by atoms with Gasteiger partial charge >= 0.3 is 0 Å². The number of phenolic OH excluding ortho intramolecular Hbond substituents is 1. The first-order valence-electron chi connectivity index (χ1n) is 5.32. The second-order valence-electron chi connectivity index (χ2n) is 4.42. The van der Waals surface area contributed by atoms with Crippen molar-refractivity contribution < 1.29 is 9.84 Å². The van der Waals surface area contributed by atoms with Gasteiger partial charge in [-0.1, -0.05) is 0 Å². The third-order valence-electron chi connectivity index (χ3n) is 3.38. The van der Waals surface area contributed by atoms with Crippen LogP contribution in [-0.4, -0.2) is 18.8 Å². The number of halogens is 1. The Morgan fingerprint density at radius 1 is 1.56 bits per heavy atom. The van der Waals surface area contributed by atoms with E-state index < -0.39 is 0 Å². The van der Waals surface area contributed by atoms with Gasteiger partial charge in [-0.25, -0.2) is 0 Å². The van der Waals surface area contributed by atoms with Gasteiger partial charge in [0.1, 0.15) is 0 Å². The van der Waals surface area contributed by atoms with Gasteiger partial charge in [0.2, 0.25) is 0 Å². The van der Waals surface area contributed by atoms with Crippen LogP contribution in [0, 0.1) is 6.92 Å². The lowest BCUT2D eigenvalue weighted by Crippen LogP contribution is -2.21. The number of hydrogen-bond acceptors (Lipinski definition) is 3. The Hall–Kier alpha value is -0.740. The molecule has 0 heterocycles. The number of aromatic hydroxyl groups is 1. The molecule has 4 heteroatoms. The molecule has 88 valence electrons. The van der Waals surface area contributed by atoms with Crippen molar-refractivity contribution in [1.29, 1.82) is 0 Å². The summed E-state index contributed by atoms with van der Waals surface area (Å²) in [5.41, 5.74) is 8.18. The van der Waals surface area contributed by atoms with Crippen molar-refractivity contribution >= 4 is 15.9 Å². The highest BCUT2D eigenvalue weighted by Crippen LogP contribution is 2.54. The molecule has 0 saturated heterocycles. The SMILES string of the molecule is COc1c(O)cc(C)c(C2(CN)CC2)c1Br. The number of phenols is 1. The molecule has 0 amide bonds. The van der Waals surface area contributed by atoms with Crippen molar-refractivity contribution in [2.24, 2.45) is 5.73 Å². The summed E-state index contributed by atoms with van der Waals surface area (Å²) in [7, 11) is 1.56. The molecule has 3 nitrogen and oxygen atoms in total. The molecule has 0 aromatic heterocycles. The summed E-state index contributed by atoms with van der Waals surface area (Å²) in [6.45, 7) is 2.63. The quantitative estimate of drug-likeness (QED) is 0.897. The highest BCUT2D eigenvalue weighted by Gasteiger charge is 2.45. The number of benzene rings is 1. The van der Waals surface area contributed by atoms with Crippen molar-refractivity contribution in [3.8, 4) is 11.5 Å². The Kier molecular flexibility index (Phi) is 2.88. The summed E-state index contributed by atoms with van der Waals surface area (Å²) in [5, 5.41) is 9.77. The van der Waals surface area contributed by atoms with Crippen LogP contribution in [0.5, 0.6) is 11.5 Å². The average Bonchev–Trinajstić information content (AvgIpc) is 2.98. The third-order valence-corrected chi connectivity index (χ3v) is 4.13. The molecule has 1 fully saturated rings. The first-order chi connectivity index (χ1) is 7.55. The minimum atomic E-state index is 0.0872. The van der Waals surface area contributed by atoms with Crippen LogP contribution in [0.3, 0.4) is 0 Å². The summed E-state index contributed by atoms with van der Waals surface area (Å²) >= 11 is 3.52. The molecule has 0 atom stereocenters. The Bertz CT molecular complexity index is 428. The van der Waals surface area contributed by atoms with Gasteiger partial charge in [0.05, 0.1) is 11.6 Å². The van der Waals surface area contributed by atoms with Crippen molar-refractivity contribution in [2.75, 3.05) is 13.7 Å². The monoisotopic (exact) mass is 285 g/mol. The fourth-order valence-corrected chi connectivity index (χ4v) is 3.39. The number of nitrogens with two attached hydrogens (primary N) is 1. The van der Waals surface area contributed by atoms with Crippen molar-refractivity contribution in [3.63, 3.8) is 0 Å². The van der Waals surface area contributed by atoms with Crippen LogP contribution in [0.15, 0.2) is 10.5 Å². The molecule has 3 N–H and O–H groups in total. The van der Waals surface area contributed by atoms with Gasteiger partial charge in [0.15, 0.2) is 11.5 Å². The average molecular weight is 286 g/mol. The van der Waals surface area contributed by atoms with E-state index in [-0.39, 0.29) is 11.2 Å². The molecule has 0 spiro atoms. The lowest BCUT2D eigenvalue weighted by molar-refractivity contribution is 0.369. The Morgan fingerprint density at radius 2 is 2.19 bits per heavy atom. The number of ether oxygens (including phenoxy) is 1. The second kappa shape index (κ2) is 3.93. The molecule has 1 aromatic carbocycles. The molecule has 0 unspecified atom stereocenters. The molecule has 0 bridgehead atoms. The summed E-state index contributed by atoms with van der Waals surface area (Å²) in [5.74, 6) is 0.670. The molecular formula is C12H16BrNO2. The number of aryl methyl sites for hydroxylation is 1. The zero-order valence-electron chi connectivity index (χ0n) is 9.51. The van der Waals surface area contributed by atoms with E-state index in [0.717, 1.165) is 22.9 Å². The second-order valence-corrected chi connectivity index (χ2v) is 5.21. The molecule has 1 aliphatic rings. The van der Waals surface area contributed by atoms with Crippen LogP contribution >= 0.6 is 15.9 Å². The zero-order valence-corrected chi connectivity index (χ0v) is 11.1. The van der Waals surface area contributed by atoms with Crippen LogP contribution in [-0.2, 0) is 5.41 Å². The molecule has 16 heavy (non-hydrogen) atoms. The molecule has 1 aromatic rings. The van der Waals surface area contributed by atoms with Crippen molar-refractivity contribution in [1.82, 2.24) is 0 Å². The number of hydrogen-bond donors (Lipinski definition) is 2. The maximum atomic E-state index is 9.77.